The lowest BCUT2D eigenvalue weighted by molar-refractivity contribution is -0.118. The fourth-order valence-corrected chi connectivity index (χ4v) is 5.50. The van der Waals surface area contributed by atoms with Crippen LogP contribution < -0.4 is 16.0 Å². The number of nitrogens with one attached hydrogen (secondary N) is 1. The summed E-state index contributed by atoms with van der Waals surface area (Å²) in [5.41, 5.74) is 12.3. The Balaban J connectivity index is 1.56. The normalized spacial score (nSPS) is 16.8. The molecule has 5 rings (SSSR count). The molecular formula is C33H39N5O2. The maximum absolute atomic E-state index is 14.3. The number of hydrogen-bond acceptors (Lipinski definition) is 4. The van der Waals surface area contributed by atoms with Crippen LogP contribution in [0.1, 0.15) is 62.6 Å². The fourth-order valence-electron chi connectivity index (χ4n) is 5.50. The average Bonchev–Trinajstić information content (AvgIpc) is 3.08. The quantitative estimate of drug-likeness (QED) is 0.341. The van der Waals surface area contributed by atoms with Gasteiger partial charge in [0.05, 0.1) is 29.7 Å². The lowest BCUT2D eigenvalue weighted by Gasteiger charge is -2.27. The zero-order valence-corrected chi connectivity index (χ0v) is 23.6. The van der Waals surface area contributed by atoms with E-state index >= 15 is 0 Å². The monoisotopic (exact) mass is 537 g/mol. The van der Waals surface area contributed by atoms with Crippen LogP contribution in [0.25, 0.3) is 0 Å². The summed E-state index contributed by atoms with van der Waals surface area (Å²) < 4.78 is 0. The summed E-state index contributed by atoms with van der Waals surface area (Å²) in [5.74, 6) is 0.112. The van der Waals surface area contributed by atoms with Gasteiger partial charge in [0.1, 0.15) is 0 Å². The molecule has 3 amide bonds. The molecule has 0 bridgehead atoms. The minimum Gasteiger partial charge on any atom is -0.325 e. The van der Waals surface area contributed by atoms with Crippen molar-refractivity contribution in [3.63, 3.8) is 0 Å². The summed E-state index contributed by atoms with van der Waals surface area (Å²) in [5, 5.41) is 9.62. The lowest BCUT2D eigenvalue weighted by atomic mass is 9.82. The first-order chi connectivity index (χ1) is 19.3. The highest BCUT2D eigenvalue weighted by molar-refractivity contribution is 6.14. The van der Waals surface area contributed by atoms with Crippen LogP contribution in [-0.2, 0) is 11.3 Å². The molecule has 1 saturated carbocycles. The molecule has 7 heteroatoms. The maximum atomic E-state index is 14.3. The van der Waals surface area contributed by atoms with E-state index < -0.39 is 6.04 Å². The summed E-state index contributed by atoms with van der Waals surface area (Å²) in [4.78, 5) is 28.6. The van der Waals surface area contributed by atoms with Crippen molar-refractivity contribution in [2.45, 2.75) is 65.5 Å². The number of benzene rings is 3. The molecule has 3 aromatic carbocycles. The van der Waals surface area contributed by atoms with E-state index in [2.05, 4.69) is 23.5 Å². The molecule has 7 nitrogen and oxygen atoms in total. The molecule has 1 heterocycles. The van der Waals surface area contributed by atoms with Crippen LogP contribution in [0.4, 0.5) is 21.9 Å². The molecule has 0 unspecified atom stereocenters. The third-order valence-electron chi connectivity index (χ3n) is 7.89. The molecule has 0 spiro atoms. The number of aryl methyl sites for hydroxylation is 1. The molecule has 208 valence electrons. The van der Waals surface area contributed by atoms with Crippen LogP contribution in [-0.4, -0.2) is 28.7 Å². The molecule has 1 atom stereocenters. The van der Waals surface area contributed by atoms with Gasteiger partial charge < -0.3 is 11.1 Å². The molecule has 0 radical (unpaired) electrons. The molecule has 3 aromatic rings. The van der Waals surface area contributed by atoms with E-state index in [1.807, 2.05) is 75.4 Å². The number of carbonyl (C=O) groups is 2. The number of carbonyl (C=O) groups excluding carboxylic acids is 2. The first kappa shape index (κ1) is 27.6. The summed E-state index contributed by atoms with van der Waals surface area (Å²) in [6, 6.07) is 22.9. The van der Waals surface area contributed by atoms with Crippen LogP contribution in [0.2, 0.25) is 0 Å². The predicted octanol–water partition coefficient (Wildman–Crippen LogP) is 6.98. The van der Waals surface area contributed by atoms with Crippen LogP contribution in [0.3, 0.4) is 0 Å². The highest BCUT2D eigenvalue weighted by Gasteiger charge is 2.34. The fraction of sp³-hybridized carbons (Fsp3) is 0.364. The molecule has 0 saturated heterocycles. The molecule has 0 aromatic heterocycles. The Labute approximate surface area is 237 Å². The number of hydrogen-bond donors (Lipinski definition) is 2. The Kier molecular flexibility index (Phi) is 8.31. The van der Waals surface area contributed by atoms with E-state index in [-0.39, 0.29) is 17.9 Å². The van der Waals surface area contributed by atoms with Gasteiger partial charge in [-0.15, -0.1) is 0 Å². The maximum Gasteiger partial charge on any atom is 0.349 e. The number of anilines is 3. The molecule has 40 heavy (non-hydrogen) atoms. The molecular weight excluding hydrogens is 498 g/mol. The highest BCUT2D eigenvalue weighted by atomic mass is 16.2. The average molecular weight is 538 g/mol. The van der Waals surface area contributed by atoms with Gasteiger partial charge >= 0.3 is 6.03 Å². The number of nitrogens with two attached hydrogens (primary N) is 1. The predicted molar refractivity (Wildman–Crippen MR) is 162 cm³/mol. The zero-order valence-electron chi connectivity index (χ0n) is 23.6. The first-order valence-electron chi connectivity index (χ1n) is 14.3. The van der Waals surface area contributed by atoms with Crippen molar-refractivity contribution in [1.82, 2.24) is 5.01 Å². The minimum absolute atomic E-state index is 0.0303. The van der Waals surface area contributed by atoms with Crippen molar-refractivity contribution < 1.29 is 9.59 Å². The zero-order chi connectivity index (χ0) is 28.2. The standard InChI is InChI=1S/C33H39N5O2/c1-22(2)30(34)32(39)35-26-15-17-27(18-16-26)38-29-20-23(3)14-19-28(29)31(25-12-8-5-9-13-25)36-37(33(38)40)21-24-10-6-4-7-11-24/h4,6-7,10-11,14-20,22,25,30H,5,8-9,12-13,21,34H2,1-3H3,(H,35,39)/t30-/m0/s1. The van der Waals surface area contributed by atoms with Crippen LogP contribution in [0, 0.1) is 18.8 Å². The third-order valence-corrected chi connectivity index (χ3v) is 7.89. The van der Waals surface area contributed by atoms with Gasteiger partial charge in [-0.05, 0) is 67.1 Å². The van der Waals surface area contributed by atoms with Gasteiger partial charge in [0.15, 0.2) is 0 Å². The van der Waals surface area contributed by atoms with Gasteiger partial charge in [-0.1, -0.05) is 75.6 Å². The van der Waals surface area contributed by atoms with E-state index in [0.29, 0.717) is 23.8 Å². The number of urea groups is 1. The van der Waals surface area contributed by atoms with E-state index in [1.165, 1.54) is 19.3 Å². The van der Waals surface area contributed by atoms with Crippen LogP contribution in [0.15, 0.2) is 77.9 Å². The Morgan fingerprint density at radius 3 is 2.38 bits per heavy atom. The third kappa shape index (κ3) is 5.94. The SMILES string of the molecule is Cc1ccc2c(c1)N(c1ccc(NC(=O)[C@@H](N)C(C)C)cc1)C(=O)N(Cc1ccccc1)N=C2C1CCCCC1. The molecule has 1 aliphatic carbocycles. The lowest BCUT2D eigenvalue weighted by Crippen LogP contribution is -2.39. The summed E-state index contributed by atoms with van der Waals surface area (Å²) >= 11 is 0. The van der Waals surface area contributed by atoms with Gasteiger partial charge in [-0.3, -0.25) is 9.69 Å². The highest BCUT2D eigenvalue weighted by Crippen LogP contribution is 2.38. The van der Waals surface area contributed by atoms with Crippen molar-refractivity contribution >= 4 is 34.7 Å². The number of fused-ring (bicyclic) bond motifs is 1. The van der Waals surface area contributed by atoms with E-state index in [4.69, 9.17) is 10.8 Å². The van der Waals surface area contributed by atoms with Gasteiger partial charge in [-0.2, -0.15) is 5.10 Å². The number of amides is 3. The van der Waals surface area contributed by atoms with E-state index in [1.54, 1.807) is 9.91 Å². The van der Waals surface area contributed by atoms with Crippen molar-refractivity contribution in [3.8, 4) is 0 Å². The summed E-state index contributed by atoms with van der Waals surface area (Å²) in [6.07, 6.45) is 5.75. The second-order valence-corrected chi connectivity index (χ2v) is 11.3. The van der Waals surface area contributed by atoms with Crippen molar-refractivity contribution in [3.05, 3.63) is 89.5 Å². The van der Waals surface area contributed by atoms with Gasteiger partial charge in [-0.25, -0.2) is 9.80 Å². The van der Waals surface area contributed by atoms with E-state index in [9.17, 15) is 9.59 Å². The first-order valence-corrected chi connectivity index (χ1v) is 14.3. The summed E-state index contributed by atoms with van der Waals surface area (Å²) in [7, 11) is 0. The Bertz CT molecular complexity index is 1380. The minimum atomic E-state index is -0.594. The van der Waals surface area contributed by atoms with Crippen molar-refractivity contribution in [2.24, 2.45) is 22.7 Å². The Hall–Kier alpha value is -3.97. The summed E-state index contributed by atoms with van der Waals surface area (Å²) in [6.45, 7) is 6.26. The number of nitrogens with zero attached hydrogens (tertiary/aromatic N) is 3. The largest absolute Gasteiger partial charge is 0.349 e. The molecule has 2 aliphatic rings. The topological polar surface area (TPSA) is 91.0 Å². The van der Waals surface area contributed by atoms with E-state index in [0.717, 1.165) is 40.9 Å². The number of hydrazone groups is 1. The van der Waals surface area contributed by atoms with Crippen molar-refractivity contribution in [1.29, 1.82) is 0 Å². The number of rotatable bonds is 7. The Morgan fingerprint density at radius 1 is 1.00 bits per heavy atom. The van der Waals surface area contributed by atoms with Crippen LogP contribution >= 0.6 is 0 Å². The smallest absolute Gasteiger partial charge is 0.325 e. The van der Waals surface area contributed by atoms with Gasteiger partial charge in [0.2, 0.25) is 5.91 Å². The van der Waals surface area contributed by atoms with Crippen molar-refractivity contribution in [2.75, 3.05) is 10.2 Å². The molecule has 3 N–H and O–H groups in total. The van der Waals surface area contributed by atoms with Gasteiger partial charge in [0, 0.05) is 17.2 Å². The molecule has 1 fully saturated rings. The van der Waals surface area contributed by atoms with Gasteiger partial charge in [0.25, 0.3) is 0 Å². The second kappa shape index (κ2) is 12.0. The van der Waals surface area contributed by atoms with Crippen LogP contribution in [0.5, 0.6) is 0 Å². The Morgan fingerprint density at radius 2 is 1.70 bits per heavy atom. The second-order valence-electron chi connectivity index (χ2n) is 11.3. The molecule has 1 aliphatic heterocycles.